The van der Waals surface area contributed by atoms with Gasteiger partial charge in [0, 0.05) is 19.3 Å². The number of thiocarbonyl (C=S) groups is 1. The van der Waals surface area contributed by atoms with E-state index in [0.717, 1.165) is 11.8 Å². The highest BCUT2D eigenvalue weighted by atomic mass is 32.2. The molecule has 0 unspecified atom stereocenters. The van der Waals surface area contributed by atoms with Crippen LogP contribution < -0.4 is 24.4 Å². The fourth-order valence-corrected chi connectivity index (χ4v) is 3.11. The van der Waals surface area contributed by atoms with Gasteiger partial charge in [0.05, 0.1) is 25.7 Å². The van der Waals surface area contributed by atoms with Crippen molar-refractivity contribution in [1.29, 1.82) is 0 Å². The zero-order chi connectivity index (χ0) is 20.7. The number of hydrogen-bond acceptors (Lipinski definition) is 5. The van der Waals surface area contributed by atoms with Crippen LogP contribution in [0.2, 0.25) is 0 Å². The maximum absolute atomic E-state index is 11.7. The van der Waals surface area contributed by atoms with E-state index in [2.05, 4.69) is 10.6 Å². The van der Waals surface area contributed by atoms with E-state index in [9.17, 15) is 8.42 Å². The van der Waals surface area contributed by atoms with E-state index >= 15 is 0 Å². The molecule has 2 aromatic rings. The second-order valence-corrected chi connectivity index (χ2v) is 8.43. The molecule has 0 aromatic heterocycles. The van der Waals surface area contributed by atoms with E-state index in [4.69, 9.17) is 21.7 Å². The molecule has 9 heteroatoms. The van der Waals surface area contributed by atoms with Crippen LogP contribution in [0.1, 0.15) is 12.5 Å². The maximum atomic E-state index is 11.7. The van der Waals surface area contributed by atoms with E-state index in [1.807, 2.05) is 31.2 Å². The number of sulfonamides is 1. The highest BCUT2D eigenvalue weighted by Crippen LogP contribution is 2.28. The SMILES string of the molecule is CCOc1cc(CNC(=S)Nc2cccc(N(C)S(C)(=O)=O)c2)ccc1OC. The van der Waals surface area contributed by atoms with E-state index < -0.39 is 10.0 Å². The molecule has 7 nitrogen and oxygen atoms in total. The Bertz CT molecular complexity index is 933. The Morgan fingerprint density at radius 3 is 2.57 bits per heavy atom. The van der Waals surface area contributed by atoms with Crippen molar-refractivity contribution in [3.63, 3.8) is 0 Å². The van der Waals surface area contributed by atoms with Crippen molar-refractivity contribution in [1.82, 2.24) is 5.32 Å². The van der Waals surface area contributed by atoms with Crippen LogP contribution in [-0.2, 0) is 16.6 Å². The van der Waals surface area contributed by atoms with Gasteiger partial charge in [-0.2, -0.15) is 0 Å². The predicted octanol–water partition coefficient (Wildman–Crippen LogP) is 2.98. The van der Waals surface area contributed by atoms with Crippen molar-refractivity contribution in [2.75, 3.05) is 36.6 Å². The maximum Gasteiger partial charge on any atom is 0.231 e. The van der Waals surface area contributed by atoms with Gasteiger partial charge in [0.25, 0.3) is 0 Å². The quantitative estimate of drug-likeness (QED) is 0.632. The third-order valence-electron chi connectivity index (χ3n) is 3.95. The Kier molecular flexibility index (Phi) is 7.47. The van der Waals surface area contributed by atoms with E-state index in [1.165, 1.54) is 11.4 Å². The van der Waals surface area contributed by atoms with Gasteiger partial charge in [-0.05, 0) is 55.0 Å². The number of ether oxygens (including phenoxy) is 2. The van der Waals surface area contributed by atoms with Gasteiger partial charge in [0.15, 0.2) is 16.6 Å². The van der Waals surface area contributed by atoms with Gasteiger partial charge < -0.3 is 20.1 Å². The molecule has 2 N–H and O–H groups in total. The molecule has 0 atom stereocenters. The molecule has 0 bridgehead atoms. The number of hydrogen-bond donors (Lipinski definition) is 2. The van der Waals surface area contributed by atoms with Crippen molar-refractivity contribution in [2.45, 2.75) is 13.5 Å². The third kappa shape index (κ3) is 6.00. The van der Waals surface area contributed by atoms with E-state index in [0.29, 0.717) is 41.1 Å². The topological polar surface area (TPSA) is 79.9 Å². The Morgan fingerprint density at radius 2 is 1.93 bits per heavy atom. The zero-order valence-electron chi connectivity index (χ0n) is 16.4. The molecule has 2 aromatic carbocycles. The first-order valence-corrected chi connectivity index (χ1v) is 10.9. The van der Waals surface area contributed by atoms with Gasteiger partial charge in [-0.1, -0.05) is 12.1 Å². The molecule has 0 amide bonds. The van der Waals surface area contributed by atoms with Gasteiger partial charge >= 0.3 is 0 Å². The minimum atomic E-state index is -3.33. The number of rotatable bonds is 8. The fourth-order valence-electron chi connectivity index (χ4n) is 2.43. The van der Waals surface area contributed by atoms with Gasteiger partial charge in [0.2, 0.25) is 10.0 Å². The number of nitrogens with one attached hydrogen (secondary N) is 2. The minimum absolute atomic E-state index is 0.424. The highest BCUT2D eigenvalue weighted by molar-refractivity contribution is 7.92. The summed E-state index contributed by atoms with van der Waals surface area (Å²) in [6.07, 6.45) is 1.16. The number of benzene rings is 2. The second-order valence-electron chi connectivity index (χ2n) is 6.01. The van der Waals surface area contributed by atoms with Crippen LogP contribution in [0.15, 0.2) is 42.5 Å². The molecule has 0 fully saturated rings. The molecule has 0 spiro atoms. The number of anilines is 2. The van der Waals surface area contributed by atoms with E-state index in [1.54, 1.807) is 25.3 Å². The Balaban J connectivity index is 2.01. The third-order valence-corrected chi connectivity index (χ3v) is 5.40. The second kappa shape index (κ2) is 9.61. The molecule has 0 saturated carbocycles. The normalized spacial score (nSPS) is 10.9. The van der Waals surface area contributed by atoms with Crippen molar-refractivity contribution < 1.29 is 17.9 Å². The van der Waals surface area contributed by atoms with Crippen LogP contribution in [0.4, 0.5) is 11.4 Å². The number of nitrogens with zero attached hydrogens (tertiary/aromatic N) is 1. The Morgan fingerprint density at radius 1 is 1.18 bits per heavy atom. The highest BCUT2D eigenvalue weighted by Gasteiger charge is 2.12. The van der Waals surface area contributed by atoms with Gasteiger partial charge in [0.1, 0.15) is 0 Å². The lowest BCUT2D eigenvalue weighted by Gasteiger charge is -2.18. The monoisotopic (exact) mass is 423 g/mol. The molecule has 0 heterocycles. The summed E-state index contributed by atoms with van der Waals surface area (Å²) in [5, 5.41) is 6.61. The zero-order valence-corrected chi connectivity index (χ0v) is 18.0. The van der Waals surface area contributed by atoms with Gasteiger partial charge in [-0.3, -0.25) is 4.31 Å². The van der Waals surface area contributed by atoms with Crippen LogP contribution in [0.5, 0.6) is 11.5 Å². The van der Waals surface area contributed by atoms with Crippen LogP contribution in [-0.4, -0.2) is 40.6 Å². The molecular formula is C19H25N3O4S2. The average molecular weight is 424 g/mol. The minimum Gasteiger partial charge on any atom is -0.493 e. The Labute approximate surface area is 171 Å². The van der Waals surface area contributed by atoms with Gasteiger partial charge in [-0.15, -0.1) is 0 Å². The van der Waals surface area contributed by atoms with Gasteiger partial charge in [-0.25, -0.2) is 8.42 Å². The fraction of sp³-hybridized carbons (Fsp3) is 0.316. The summed E-state index contributed by atoms with van der Waals surface area (Å²) in [6.45, 7) is 2.96. The molecule has 28 heavy (non-hydrogen) atoms. The standard InChI is InChI=1S/C19H25N3O4S2/c1-5-26-18-11-14(9-10-17(18)25-3)13-20-19(27)21-15-7-6-8-16(12-15)22(2)28(4,23)24/h6-12H,5,13H2,1-4H3,(H2,20,21,27). The van der Waals surface area contributed by atoms with Crippen molar-refractivity contribution in [3.05, 3.63) is 48.0 Å². The predicted molar refractivity (Wildman–Crippen MR) is 117 cm³/mol. The molecule has 152 valence electrons. The lowest BCUT2D eigenvalue weighted by atomic mass is 10.2. The molecule has 0 aliphatic rings. The lowest BCUT2D eigenvalue weighted by Crippen LogP contribution is -2.28. The van der Waals surface area contributed by atoms with E-state index in [-0.39, 0.29) is 0 Å². The van der Waals surface area contributed by atoms with Crippen LogP contribution >= 0.6 is 12.2 Å². The summed E-state index contributed by atoms with van der Waals surface area (Å²) in [4.78, 5) is 0. The van der Waals surface area contributed by atoms with Crippen LogP contribution in [0.25, 0.3) is 0 Å². The summed E-state index contributed by atoms with van der Waals surface area (Å²) in [5.74, 6) is 1.36. The summed E-state index contributed by atoms with van der Waals surface area (Å²) in [7, 11) is -0.221. The first kappa shape index (κ1) is 21.8. The van der Waals surface area contributed by atoms with Crippen LogP contribution in [0.3, 0.4) is 0 Å². The summed E-state index contributed by atoms with van der Waals surface area (Å²) in [6, 6.07) is 12.7. The molecule has 0 aliphatic carbocycles. The smallest absolute Gasteiger partial charge is 0.231 e. The summed E-state index contributed by atoms with van der Waals surface area (Å²) >= 11 is 5.34. The Hall–Kier alpha value is -2.52. The molecule has 0 radical (unpaired) electrons. The molecule has 0 saturated heterocycles. The van der Waals surface area contributed by atoms with Crippen molar-refractivity contribution in [2.24, 2.45) is 0 Å². The van der Waals surface area contributed by atoms with Crippen molar-refractivity contribution >= 4 is 38.7 Å². The number of methoxy groups -OCH3 is 1. The lowest BCUT2D eigenvalue weighted by molar-refractivity contribution is 0.310. The van der Waals surface area contributed by atoms with Crippen LogP contribution in [0, 0.1) is 0 Å². The molecular weight excluding hydrogens is 398 g/mol. The summed E-state index contributed by atoms with van der Waals surface area (Å²) < 4.78 is 35.5. The first-order valence-electron chi connectivity index (χ1n) is 8.63. The molecule has 0 aliphatic heterocycles. The first-order chi connectivity index (χ1) is 13.2. The largest absolute Gasteiger partial charge is 0.493 e. The average Bonchev–Trinajstić information content (AvgIpc) is 2.65. The van der Waals surface area contributed by atoms with Crippen molar-refractivity contribution in [3.8, 4) is 11.5 Å². The summed E-state index contributed by atoms with van der Waals surface area (Å²) in [5.41, 5.74) is 2.22. The molecule has 2 rings (SSSR count).